The number of rotatable bonds is 1. The van der Waals surface area contributed by atoms with E-state index in [4.69, 9.17) is 0 Å². The molecule has 0 atom stereocenters. The molecule has 2 aromatic rings. The number of fused-ring (bicyclic) bond motifs is 1. The summed E-state index contributed by atoms with van der Waals surface area (Å²) in [5, 5.41) is 0.408. The molecule has 5 heteroatoms. The fourth-order valence-electron chi connectivity index (χ4n) is 1.49. The quantitative estimate of drug-likeness (QED) is 0.793. The standard InChI is InChI=1S/C10H8BrNO3/c1-2-12-8-4-3-6(11)5-7(8)9(13)15-10(12)14/h3-5H,2H2,1H3. The van der Waals surface area contributed by atoms with Crippen molar-refractivity contribution in [2.75, 3.05) is 0 Å². The van der Waals surface area contributed by atoms with Gasteiger partial charge in [0.2, 0.25) is 0 Å². The lowest BCUT2D eigenvalue weighted by Gasteiger charge is -2.04. The molecule has 0 aliphatic carbocycles. The summed E-state index contributed by atoms with van der Waals surface area (Å²) in [4.78, 5) is 22.8. The second-order valence-corrected chi connectivity index (χ2v) is 3.98. The van der Waals surface area contributed by atoms with E-state index in [0.717, 1.165) is 4.47 Å². The van der Waals surface area contributed by atoms with Crippen LogP contribution in [0.2, 0.25) is 0 Å². The van der Waals surface area contributed by atoms with Gasteiger partial charge in [-0.25, -0.2) is 9.59 Å². The number of aromatic nitrogens is 1. The molecule has 0 spiro atoms. The van der Waals surface area contributed by atoms with Crippen molar-refractivity contribution in [2.24, 2.45) is 0 Å². The zero-order valence-electron chi connectivity index (χ0n) is 7.99. The van der Waals surface area contributed by atoms with Crippen molar-refractivity contribution in [1.29, 1.82) is 0 Å². The Morgan fingerprint density at radius 2 is 2.13 bits per heavy atom. The summed E-state index contributed by atoms with van der Waals surface area (Å²) in [6.45, 7) is 2.30. The van der Waals surface area contributed by atoms with Gasteiger partial charge in [-0.05, 0) is 25.1 Å². The topological polar surface area (TPSA) is 52.2 Å². The minimum atomic E-state index is -0.614. The monoisotopic (exact) mass is 269 g/mol. The van der Waals surface area contributed by atoms with Crippen LogP contribution in [-0.2, 0) is 6.54 Å². The molecule has 0 amide bonds. The first-order valence-corrected chi connectivity index (χ1v) is 5.26. The van der Waals surface area contributed by atoms with Crippen molar-refractivity contribution in [3.63, 3.8) is 0 Å². The van der Waals surface area contributed by atoms with Crippen LogP contribution in [0.3, 0.4) is 0 Å². The van der Waals surface area contributed by atoms with E-state index in [-0.39, 0.29) is 0 Å². The molecule has 15 heavy (non-hydrogen) atoms. The van der Waals surface area contributed by atoms with E-state index in [1.165, 1.54) is 4.57 Å². The average molecular weight is 270 g/mol. The van der Waals surface area contributed by atoms with Crippen LogP contribution in [0.1, 0.15) is 6.92 Å². The van der Waals surface area contributed by atoms with E-state index < -0.39 is 11.4 Å². The Labute approximate surface area is 93.3 Å². The van der Waals surface area contributed by atoms with Crippen LogP contribution in [0.25, 0.3) is 10.9 Å². The van der Waals surface area contributed by atoms with Gasteiger partial charge in [-0.15, -0.1) is 0 Å². The molecule has 0 saturated carbocycles. The summed E-state index contributed by atoms with van der Waals surface area (Å²) >= 11 is 3.26. The van der Waals surface area contributed by atoms with Crippen LogP contribution >= 0.6 is 15.9 Å². The number of nitrogens with zero attached hydrogens (tertiary/aromatic N) is 1. The highest BCUT2D eigenvalue weighted by Crippen LogP contribution is 2.15. The Hall–Kier alpha value is -1.36. The third-order valence-electron chi connectivity index (χ3n) is 2.19. The van der Waals surface area contributed by atoms with Gasteiger partial charge in [0, 0.05) is 11.0 Å². The molecule has 0 radical (unpaired) electrons. The fourth-order valence-corrected chi connectivity index (χ4v) is 1.86. The zero-order valence-corrected chi connectivity index (χ0v) is 9.58. The summed E-state index contributed by atoms with van der Waals surface area (Å²) in [6.07, 6.45) is 0. The Kier molecular flexibility index (Phi) is 2.48. The molecule has 1 heterocycles. The third-order valence-corrected chi connectivity index (χ3v) is 2.68. The molecule has 0 bridgehead atoms. The molecule has 1 aromatic carbocycles. The molecule has 0 N–H and O–H groups in total. The SMILES string of the molecule is CCn1c(=O)oc(=O)c2cc(Br)ccc21. The van der Waals surface area contributed by atoms with E-state index in [1.54, 1.807) is 18.2 Å². The largest absolute Gasteiger partial charge is 0.422 e. The number of hydrogen-bond donors (Lipinski definition) is 0. The summed E-state index contributed by atoms with van der Waals surface area (Å²) in [6, 6.07) is 5.15. The van der Waals surface area contributed by atoms with Crippen molar-refractivity contribution < 1.29 is 4.42 Å². The number of hydrogen-bond acceptors (Lipinski definition) is 3. The zero-order chi connectivity index (χ0) is 11.0. The highest BCUT2D eigenvalue weighted by atomic mass is 79.9. The lowest BCUT2D eigenvalue weighted by atomic mass is 10.2. The van der Waals surface area contributed by atoms with Gasteiger partial charge < -0.3 is 4.42 Å². The minimum Gasteiger partial charge on any atom is -0.372 e. The van der Waals surface area contributed by atoms with E-state index in [2.05, 4.69) is 20.3 Å². The summed E-state index contributed by atoms with van der Waals surface area (Å²) in [7, 11) is 0. The molecule has 0 aliphatic heterocycles. The maximum absolute atomic E-state index is 11.4. The number of halogens is 1. The molecule has 1 aromatic heterocycles. The summed E-state index contributed by atoms with van der Waals surface area (Å²) in [5.74, 6) is -0.614. The molecular weight excluding hydrogens is 262 g/mol. The maximum atomic E-state index is 11.4. The predicted molar refractivity (Wildman–Crippen MR) is 60.1 cm³/mol. The summed E-state index contributed by atoms with van der Waals surface area (Å²) in [5.41, 5.74) is 0.00273. The lowest BCUT2D eigenvalue weighted by molar-refractivity contribution is 0.421. The molecule has 0 aliphatic rings. The average Bonchev–Trinajstić information content (AvgIpc) is 2.19. The van der Waals surface area contributed by atoms with Gasteiger partial charge in [0.15, 0.2) is 0 Å². The van der Waals surface area contributed by atoms with Crippen LogP contribution in [0.5, 0.6) is 0 Å². The van der Waals surface area contributed by atoms with Crippen LogP contribution in [-0.4, -0.2) is 4.57 Å². The third kappa shape index (κ3) is 1.63. The maximum Gasteiger partial charge on any atom is 0.422 e. The van der Waals surface area contributed by atoms with Gasteiger partial charge in [-0.1, -0.05) is 15.9 Å². The molecule has 0 saturated heterocycles. The second-order valence-electron chi connectivity index (χ2n) is 3.06. The summed E-state index contributed by atoms with van der Waals surface area (Å²) < 4.78 is 6.80. The number of benzene rings is 1. The first-order chi connectivity index (χ1) is 7.13. The molecular formula is C10H8BrNO3. The fraction of sp³-hybridized carbons (Fsp3) is 0.200. The van der Waals surface area contributed by atoms with Crippen molar-refractivity contribution in [3.8, 4) is 0 Å². The van der Waals surface area contributed by atoms with Crippen molar-refractivity contribution in [3.05, 3.63) is 43.6 Å². The molecule has 78 valence electrons. The van der Waals surface area contributed by atoms with Gasteiger partial charge in [-0.2, -0.15) is 0 Å². The van der Waals surface area contributed by atoms with Crippen LogP contribution < -0.4 is 11.4 Å². The van der Waals surface area contributed by atoms with Crippen molar-refractivity contribution >= 4 is 26.8 Å². The van der Waals surface area contributed by atoms with Gasteiger partial charge >= 0.3 is 11.4 Å². The molecule has 4 nitrogen and oxygen atoms in total. The molecule has 0 unspecified atom stereocenters. The highest BCUT2D eigenvalue weighted by molar-refractivity contribution is 9.10. The Bertz CT molecular complexity index is 627. The second kappa shape index (κ2) is 3.66. The highest BCUT2D eigenvalue weighted by Gasteiger charge is 2.07. The normalized spacial score (nSPS) is 10.8. The van der Waals surface area contributed by atoms with Crippen LogP contribution in [0, 0.1) is 0 Å². The van der Waals surface area contributed by atoms with Gasteiger partial charge in [0.25, 0.3) is 0 Å². The van der Waals surface area contributed by atoms with Gasteiger partial charge in [-0.3, -0.25) is 4.57 Å². The first kappa shape index (κ1) is 10.2. The van der Waals surface area contributed by atoms with E-state index in [9.17, 15) is 9.59 Å². The van der Waals surface area contributed by atoms with E-state index >= 15 is 0 Å². The Balaban J connectivity index is 3.03. The van der Waals surface area contributed by atoms with Crippen LogP contribution in [0.4, 0.5) is 0 Å². The minimum absolute atomic E-state index is 0.408. The van der Waals surface area contributed by atoms with E-state index in [1.807, 2.05) is 6.92 Å². The first-order valence-electron chi connectivity index (χ1n) is 4.46. The van der Waals surface area contributed by atoms with E-state index in [0.29, 0.717) is 17.4 Å². The van der Waals surface area contributed by atoms with Gasteiger partial charge in [0.1, 0.15) is 0 Å². The van der Waals surface area contributed by atoms with Gasteiger partial charge in [0.05, 0.1) is 10.9 Å². The predicted octanol–water partition coefficient (Wildman–Crippen LogP) is 1.74. The molecule has 2 rings (SSSR count). The Morgan fingerprint density at radius 1 is 1.40 bits per heavy atom. The Morgan fingerprint density at radius 3 is 2.80 bits per heavy atom. The number of aryl methyl sites for hydroxylation is 1. The lowest BCUT2D eigenvalue weighted by Crippen LogP contribution is -2.24. The van der Waals surface area contributed by atoms with Crippen molar-refractivity contribution in [2.45, 2.75) is 13.5 Å². The van der Waals surface area contributed by atoms with Crippen molar-refractivity contribution in [1.82, 2.24) is 4.57 Å². The van der Waals surface area contributed by atoms with Crippen LogP contribution in [0.15, 0.2) is 36.7 Å². The molecule has 0 fully saturated rings. The smallest absolute Gasteiger partial charge is 0.372 e.